The first-order valence-electron chi connectivity index (χ1n) is 5.66. The maximum Gasteiger partial charge on any atom is 0.145 e. The number of nitrogen functional groups attached to an aromatic ring is 1. The van der Waals surface area contributed by atoms with Gasteiger partial charge in [-0.15, -0.1) is 0 Å². The third kappa shape index (κ3) is 2.72. The van der Waals surface area contributed by atoms with Crippen molar-refractivity contribution < 1.29 is 0 Å². The van der Waals surface area contributed by atoms with Crippen LogP contribution in [-0.2, 0) is 6.54 Å². The zero-order valence-corrected chi connectivity index (χ0v) is 9.56. The molecule has 1 aliphatic carbocycles. The van der Waals surface area contributed by atoms with Crippen molar-refractivity contribution in [3.63, 3.8) is 0 Å². The van der Waals surface area contributed by atoms with Crippen LogP contribution in [0.4, 0.5) is 5.82 Å². The molecule has 0 spiro atoms. The highest BCUT2D eigenvalue weighted by atomic mass is 15.3. The van der Waals surface area contributed by atoms with Crippen LogP contribution in [0.2, 0.25) is 0 Å². The summed E-state index contributed by atoms with van der Waals surface area (Å²) in [5, 5.41) is 4.17. The van der Waals surface area contributed by atoms with Crippen LogP contribution in [0.1, 0.15) is 19.8 Å². The van der Waals surface area contributed by atoms with Crippen LogP contribution in [-0.4, -0.2) is 34.3 Å². The highest BCUT2D eigenvalue weighted by molar-refractivity contribution is 5.23. The third-order valence-electron chi connectivity index (χ3n) is 3.34. The molecule has 2 rings (SSSR count). The molecule has 1 aliphatic rings. The second kappa shape index (κ2) is 4.23. The summed E-state index contributed by atoms with van der Waals surface area (Å²) in [4.78, 5) is 2.41. The van der Waals surface area contributed by atoms with Gasteiger partial charge < -0.3 is 10.6 Å². The number of rotatable bonds is 5. The van der Waals surface area contributed by atoms with Crippen molar-refractivity contribution in [3.05, 3.63) is 12.3 Å². The number of aromatic nitrogens is 2. The number of hydrogen-bond donors (Lipinski definition) is 1. The Hall–Kier alpha value is -1.03. The second-order valence-corrected chi connectivity index (χ2v) is 4.56. The van der Waals surface area contributed by atoms with Crippen LogP contribution in [0.5, 0.6) is 0 Å². The molecule has 15 heavy (non-hydrogen) atoms. The van der Waals surface area contributed by atoms with E-state index in [1.807, 2.05) is 16.9 Å². The van der Waals surface area contributed by atoms with E-state index in [0.29, 0.717) is 11.9 Å². The lowest BCUT2D eigenvalue weighted by atomic mass is 10.2. The highest BCUT2D eigenvalue weighted by Crippen LogP contribution is 2.34. The number of anilines is 1. The lowest BCUT2D eigenvalue weighted by Crippen LogP contribution is -2.33. The fraction of sp³-hybridized carbons (Fsp3) is 0.727. The summed E-state index contributed by atoms with van der Waals surface area (Å²) >= 11 is 0. The van der Waals surface area contributed by atoms with Gasteiger partial charge in [0.05, 0.1) is 6.54 Å². The highest BCUT2D eigenvalue weighted by Gasteiger charge is 2.30. The van der Waals surface area contributed by atoms with Gasteiger partial charge >= 0.3 is 0 Å². The predicted molar refractivity (Wildman–Crippen MR) is 61.5 cm³/mol. The Morgan fingerprint density at radius 1 is 1.67 bits per heavy atom. The molecule has 0 radical (unpaired) electrons. The molecule has 1 unspecified atom stereocenters. The van der Waals surface area contributed by atoms with Crippen molar-refractivity contribution >= 4 is 5.82 Å². The third-order valence-corrected chi connectivity index (χ3v) is 3.34. The maximum atomic E-state index is 5.56. The summed E-state index contributed by atoms with van der Waals surface area (Å²) in [6.45, 7) is 4.28. The fourth-order valence-corrected chi connectivity index (χ4v) is 1.90. The average Bonchev–Trinajstić information content (AvgIpc) is 2.98. The van der Waals surface area contributed by atoms with Gasteiger partial charge in [0.15, 0.2) is 0 Å². The minimum atomic E-state index is 0.605. The maximum absolute atomic E-state index is 5.56. The topological polar surface area (TPSA) is 47.1 Å². The molecule has 1 fully saturated rings. The number of hydrogen-bond acceptors (Lipinski definition) is 3. The summed E-state index contributed by atoms with van der Waals surface area (Å²) in [6.07, 6.45) is 4.74. The van der Waals surface area contributed by atoms with Gasteiger partial charge in [0.2, 0.25) is 0 Å². The second-order valence-electron chi connectivity index (χ2n) is 4.56. The molecule has 1 atom stereocenters. The standard InChI is InChI=1S/C11H20N4/c1-9(10-3-4-10)14(2)7-8-15-6-5-11(12)13-15/h5-6,9-10H,3-4,7-8H2,1-2H3,(H2,12,13). The summed E-state index contributed by atoms with van der Waals surface area (Å²) in [7, 11) is 2.19. The Morgan fingerprint density at radius 3 is 2.93 bits per heavy atom. The zero-order valence-electron chi connectivity index (χ0n) is 9.56. The minimum absolute atomic E-state index is 0.605. The van der Waals surface area contributed by atoms with Crippen molar-refractivity contribution in [2.24, 2.45) is 5.92 Å². The molecule has 1 aromatic rings. The molecule has 0 aromatic carbocycles. The van der Waals surface area contributed by atoms with Gasteiger partial charge in [0.1, 0.15) is 5.82 Å². The lowest BCUT2D eigenvalue weighted by molar-refractivity contribution is 0.223. The van der Waals surface area contributed by atoms with Crippen molar-refractivity contribution in [1.29, 1.82) is 0 Å². The van der Waals surface area contributed by atoms with Gasteiger partial charge in [-0.1, -0.05) is 0 Å². The zero-order chi connectivity index (χ0) is 10.8. The van der Waals surface area contributed by atoms with E-state index in [-0.39, 0.29) is 0 Å². The molecule has 0 bridgehead atoms. The van der Waals surface area contributed by atoms with Gasteiger partial charge in [-0.25, -0.2) is 0 Å². The van der Waals surface area contributed by atoms with E-state index >= 15 is 0 Å². The quantitative estimate of drug-likeness (QED) is 0.791. The summed E-state index contributed by atoms with van der Waals surface area (Å²) in [5.74, 6) is 1.53. The van der Waals surface area contributed by atoms with Crippen LogP contribution < -0.4 is 5.73 Å². The van der Waals surface area contributed by atoms with Crippen molar-refractivity contribution in [1.82, 2.24) is 14.7 Å². The molecule has 1 heterocycles. The van der Waals surface area contributed by atoms with E-state index in [4.69, 9.17) is 5.73 Å². The summed E-state index contributed by atoms with van der Waals surface area (Å²) < 4.78 is 1.91. The molecule has 84 valence electrons. The first-order chi connectivity index (χ1) is 7.16. The molecule has 0 saturated heterocycles. The van der Waals surface area contributed by atoms with Crippen molar-refractivity contribution in [2.75, 3.05) is 19.3 Å². The molecular weight excluding hydrogens is 188 g/mol. The Bertz CT molecular complexity index is 316. The van der Waals surface area contributed by atoms with Crippen molar-refractivity contribution in [3.8, 4) is 0 Å². The van der Waals surface area contributed by atoms with Crippen LogP contribution in [0.25, 0.3) is 0 Å². The number of nitrogens with two attached hydrogens (primary N) is 1. The lowest BCUT2D eigenvalue weighted by Gasteiger charge is -2.24. The molecule has 1 aromatic heterocycles. The molecule has 0 amide bonds. The van der Waals surface area contributed by atoms with Gasteiger partial charge in [-0.3, -0.25) is 4.68 Å². The molecule has 4 heteroatoms. The first-order valence-corrected chi connectivity index (χ1v) is 5.66. The SMILES string of the molecule is CC(C1CC1)N(C)CCn1ccc(N)n1. The Balaban J connectivity index is 1.77. The predicted octanol–water partition coefficient (Wildman–Crippen LogP) is 1.20. The van der Waals surface area contributed by atoms with Gasteiger partial charge in [-0.2, -0.15) is 5.10 Å². The number of likely N-dealkylation sites (N-methyl/N-ethyl adjacent to an activating group) is 1. The van der Waals surface area contributed by atoms with Crippen LogP contribution in [0.15, 0.2) is 12.3 Å². The fourth-order valence-electron chi connectivity index (χ4n) is 1.90. The summed E-state index contributed by atoms with van der Waals surface area (Å²) in [5.41, 5.74) is 5.56. The Kier molecular flexibility index (Phi) is 2.95. The molecule has 2 N–H and O–H groups in total. The van der Waals surface area contributed by atoms with E-state index in [1.165, 1.54) is 12.8 Å². The smallest absolute Gasteiger partial charge is 0.145 e. The van der Waals surface area contributed by atoms with Crippen LogP contribution in [0, 0.1) is 5.92 Å². The van der Waals surface area contributed by atoms with Gasteiger partial charge in [0.25, 0.3) is 0 Å². The van der Waals surface area contributed by atoms with E-state index in [2.05, 4.69) is 24.0 Å². The van der Waals surface area contributed by atoms with E-state index in [1.54, 1.807) is 0 Å². The minimum Gasteiger partial charge on any atom is -0.382 e. The van der Waals surface area contributed by atoms with Crippen LogP contribution in [0.3, 0.4) is 0 Å². The molecular formula is C11H20N4. The Labute approximate surface area is 91.1 Å². The van der Waals surface area contributed by atoms with Gasteiger partial charge in [-0.05, 0) is 38.8 Å². The monoisotopic (exact) mass is 208 g/mol. The normalized spacial score (nSPS) is 18.3. The van der Waals surface area contributed by atoms with Crippen molar-refractivity contribution in [2.45, 2.75) is 32.4 Å². The van der Waals surface area contributed by atoms with E-state index in [9.17, 15) is 0 Å². The van der Waals surface area contributed by atoms with E-state index < -0.39 is 0 Å². The average molecular weight is 208 g/mol. The van der Waals surface area contributed by atoms with Gasteiger partial charge in [0, 0.05) is 18.8 Å². The summed E-state index contributed by atoms with van der Waals surface area (Å²) in [6, 6.07) is 2.54. The van der Waals surface area contributed by atoms with Crippen LogP contribution >= 0.6 is 0 Å². The molecule has 1 saturated carbocycles. The largest absolute Gasteiger partial charge is 0.382 e. The van der Waals surface area contributed by atoms with E-state index in [0.717, 1.165) is 19.0 Å². The molecule has 4 nitrogen and oxygen atoms in total. The first kappa shape index (κ1) is 10.5. The Morgan fingerprint density at radius 2 is 2.40 bits per heavy atom. The number of nitrogens with zero attached hydrogens (tertiary/aromatic N) is 3. The molecule has 0 aliphatic heterocycles.